The van der Waals surface area contributed by atoms with Crippen LogP contribution in [0.4, 0.5) is 5.69 Å². The first-order chi connectivity index (χ1) is 8.65. The molecule has 0 bridgehead atoms. The van der Waals surface area contributed by atoms with Crippen LogP contribution in [0.1, 0.15) is 32.8 Å². The zero-order chi connectivity index (χ0) is 13.5. The molecule has 1 aromatic carbocycles. The van der Waals surface area contributed by atoms with E-state index in [0.29, 0.717) is 6.04 Å². The van der Waals surface area contributed by atoms with Crippen LogP contribution in [-0.2, 0) is 4.79 Å². The van der Waals surface area contributed by atoms with E-state index in [0.717, 1.165) is 25.2 Å². The monoisotopic (exact) mass is 248 g/mol. The van der Waals surface area contributed by atoms with Crippen molar-refractivity contribution in [1.82, 2.24) is 4.90 Å². The van der Waals surface area contributed by atoms with Gasteiger partial charge in [0.1, 0.15) is 0 Å². The molecule has 1 heterocycles. The predicted octanol–water partition coefficient (Wildman–Crippen LogP) is 3.05. The van der Waals surface area contributed by atoms with Crippen LogP contribution in [0.3, 0.4) is 0 Å². The maximum Gasteiger partial charge on any atom is 0.219 e. The minimum atomic E-state index is 0.175. The Labute approximate surface area is 110 Å². The van der Waals surface area contributed by atoms with E-state index in [9.17, 15) is 4.79 Å². The Morgan fingerprint density at radius 1 is 1.39 bits per heavy atom. The number of carbonyl (C=O) groups is 1. The maximum atomic E-state index is 11.2. The summed E-state index contributed by atoms with van der Waals surface area (Å²) in [5, 5.41) is 3.47. The number of amides is 1. The molecule has 1 amide bonds. The van der Waals surface area contributed by atoms with Gasteiger partial charge in [0.15, 0.2) is 0 Å². The quantitative estimate of drug-likeness (QED) is 0.872. The van der Waals surface area contributed by atoms with E-state index < -0.39 is 0 Å². The zero-order valence-electron chi connectivity index (χ0n) is 11.9. The van der Waals surface area contributed by atoms with Gasteiger partial charge in [-0.1, -0.05) is 26.0 Å². The number of rotatable bonds is 2. The molecule has 2 rings (SSSR count). The van der Waals surface area contributed by atoms with E-state index in [1.807, 2.05) is 18.7 Å². The fourth-order valence-corrected chi connectivity index (χ4v) is 2.13. The number of nitrogens with one attached hydrogen (secondary N) is 1. The number of aryl methyl sites for hydroxylation is 1. The Bertz CT molecular complexity index is 390. The number of likely N-dealkylation sites (tertiary alicyclic amines) is 1. The van der Waals surface area contributed by atoms with Crippen molar-refractivity contribution in [2.45, 2.75) is 40.2 Å². The lowest BCUT2D eigenvalue weighted by Crippen LogP contribution is -2.29. The highest BCUT2D eigenvalue weighted by Crippen LogP contribution is 2.16. The lowest BCUT2D eigenvalue weighted by Gasteiger charge is -2.16. The van der Waals surface area contributed by atoms with Gasteiger partial charge in [-0.05, 0) is 31.0 Å². The molecule has 1 aliphatic rings. The van der Waals surface area contributed by atoms with Gasteiger partial charge in [0, 0.05) is 31.7 Å². The third kappa shape index (κ3) is 4.06. The van der Waals surface area contributed by atoms with Gasteiger partial charge >= 0.3 is 0 Å². The number of hydrogen-bond acceptors (Lipinski definition) is 2. The van der Waals surface area contributed by atoms with Crippen LogP contribution in [-0.4, -0.2) is 29.9 Å². The second-order valence-corrected chi connectivity index (χ2v) is 4.46. The molecule has 18 heavy (non-hydrogen) atoms. The van der Waals surface area contributed by atoms with Crippen LogP contribution in [0.25, 0.3) is 0 Å². The number of anilines is 1. The largest absolute Gasteiger partial charge is 0.380 e. The lowest BCUT2D eigenvalue weighted by molar-refractivity contribution is -0.127. The normalized spacial score (nSPS) is 18.0. The van der Waals surface area contributed by atoms with Crippen LogP contribution in [0.2, 0.25) is 0 Å². The van der Waals surface area contributed by atoms with Gasteiger partial charge in [0.05, 0.1) is 0 Å². The Morgan fingerprint density at radius 3 is 2.67 bits per heavy atom. The summed E-state index contributed by atoms with van der Waals surface area (Å²) in [7, 11) is 0. The van der Waals surface area contributed by atoms with E-state index in [4.69, 9.17) is 0 Å². The molecule has 0 saturated carbocycles. The summed E-state index contributed by atoms with van der Waals surface area (Å²) in [5.41, 5.74) is 2.40. The van der Waals surface area contributed by atoms with Crippen molar-refractivity contribution in [3.63, 3.8) is 0 Å². The number of benzene rings is 1. The first kappa shape index (κ1) is 14.6. The third-order valence-electron chi connectivity index (χ3n) is 3.02. The fraction of sp³-hybridized carbons (Fsp3) is 0.533. The highest BCUT2D eigenvalue weighted by molar-refractivity contribution is 5.73. The number of carbonyl (C=O) groups excluding carboxylic acids is 1. The van der Waals surface area contributed by atoms with E-state index >= 15 is 0 Å². The standard InChI is InChI=1S/C13H18N2O.C2H6/c1-10-4-3-5-12(8-10)14-13-6-7-15(9-13)11(2)16;1-2/h3-5,8,13-14H,6-7,9H2,1-2H3;1-2H3. The van der Waals surface area contributed by atoms with E-state index in [-0.39, 0.29) is 5.91 Å². The van der Waals surface area contributed by atoms with Crippen LogP contribution in [0.15, 0.2) is 24.3 Å². The Kier molecular flexibility index (Phi) is 5.69. The Morgan fingerprint density at radius 2 is 2.11 bits per heavy atom. The molecular weight excluding hydrogens is 224 g/mol. The summed E-state index contributed by atoms with van der Waals surface area (Å²) in [5.74, 6) is 0.175. The number of hydrogen-bond donors (Lipinski definition) is 1. The smallest absolute Gasteiger partial charge is 0.219 e. The Balaban J connectivity index is 0.000000771. The van der Waals surface area contributed by atoms with Crippen LogP contribution in [0.5, 0.6) is 0 Å². The van der Waals surface area contributed by atoms with Crippen molar-refractivity contribution in [3.05, 3.63) is 29.8 Å². The molecule has 0 spiro atoms. The molecule has 0 aromatic heterocycles. The minimum Gasteiger partial charge on any atom is -0.380 e. The van der Waals surface area contributed by atoms with Gasteiger partial charge < -0.3 is 10.2 Å². The van der Waals surface area contributed by atoms with E-state index in [2.05, 4.69) is 36.5 Å². The van der Waals surface area contributed by atoms with Crippen LogP contribution in [0, 0.1) is 6.92 Å². The minimum absolute atomic E-state index is 0.175. The van der Waals surface area contributed by atoms with Crippen molar-refractivity contribution in [2.24, 2.45) is 0 Å². The fourth-order valence-electron chi connectivity index (χ4n) is 2.13. The SMILES string of the molecule is CC.CC(=O)N1CCC(Nc2cccc(C)c2)C1. The van der Waals surface area contributed by atoms with Gasteiger partial charge in [0.2, 0.25) is 5.91 Å². The number of nitrogens with zero attached hydrogens (tertiary/aromatic N) is 1. The highest BCUT2D eigenvalue weighted by atomic mass is 16.2. The molecule has 1 unspecified atom stereocenters. The molecular formula is C15H24N2O. The van der Waals surface area contributed by atoms with Gasteiger partial charge in [-0.25, -0.2) is 0 Å². The molecule has 3 heteroatoms. The first-order valence-electron chi connectivity index (χ1n) is 6.74. The summed E-state index contributed by atoms with van der Waals surface area (Å²) < 4.78 is 0. The maximum absolute atomic E-state index is 11.2. The third-order valence-corrected chi connectivity index (χ3v) is 3.02. The first-order valence-corrected chi connectivity index (χ1v) is 6.74. The van der Waals surface area contributed by atoms with E-state index in [1.54, 1.807) is 6.92 Å². The summed E-state index contributed by atoms with van der Waals surface area (Å²) in [6.07, 6.45) is 1.04. The summed E-state index contributed by atoms with van der Waals surface area (Å²) in [6, 6.07) is 8.74. The topological polar surface area (TPSA) is 32.3 Å². The molecule has 0 aliphatic carbocycles. The second-order valence-electron chi connectivity index (χ2n) is 4.46. The van der Waals surface area contributed by atoms with E-state index in [1.165, 1.54) is 5.56 Å². The molecule has 1 saturated heterocycles. The highest BCUT2D eigenvalue weighted by Gasteiger charge is 2.23. The molecule has 0 radical (unpaired) electrons. The van der Waals surface area contributed by atoms with Crippen molar-refractivity contribution in [2.75, 3.05) is 18.4 Å². The second kappa shape index (κ2) is 7.04. The molecule has 1 fully saturated rings. The van der Waals surface area contributed by atoms with Crippen molar-refractivity contribution >= 4 is 11.6 Å². The van der Waals surface area contributed by atoms with Gasteiger partial charge in [-0.3, -0.25) is 4.79 Å². The molecule has 1 aromatic rings. The van der Waals surface area contributed by atoms with Crippen molar-refractivity contribution in [3.8, 4) is 0 Å². The summed E-state index contributed by atoms with van der Waals surface area (Å²) in [4.78, 5) is 13.1. The van der Waals surface area contributed by atoms with Gasteiger partial charge in [-0.15, -0.1) is 0 Å². The average molecular weight is 248 g/mol. The average Bonchev–Trinajstić information content (AvgIpc) is 2.80. The van der Waals surface area contributed by atoms with Crippen LogP contribution < -0.4 is 5.32 Å². The van der Waals surface area contributed by atoms with Crippen molar-refractivity contribution in [1.29, 1.82) is 0 Å². The van der Waals surface area contributed by atoms with Gasteiger partial charge in [-0.2, -0.15) is 0 Å². The molecule has 3 nitrogen and oxygen atoms in total. The summed E-state index contributed by atoms with van der Waals surface area (Å²) >= 11 is 0. The van der Waals surface area contributed by atoms with Crippen molar-refractivity contribution < 1.29 is 4.79 Å². The Hall–Kier alpha value is -1.51. The van der Waals surface area contributed by atoms with Gasteiger partial charge in [0.25, 0.3) is 0 Å². The lowest BCUT2D eigenvalue weighted by atomic mass is 10.2. The molecule has 1 atom stereocenters. The molecule has 1 aliphatic heterocycles. The molecule has 100 valence electrons. The predicted molar refractivity (Wildman–Crippen MR) is 76.8 cm³/mol. The van der Waals surface area contributed by atoms with Crippen LogP contribution >= 0.6 is 0 Å². The zero-order valence-corrected chi connectivity index (χ0v) is 11.9. The molecule has 1 N–H and O–H groups in total. The summed E-state index contributed by atoms with van der Waals surface area (Å²) in [6.45, 7) is 9.42.